The van der Waals surface area contributed by atoms with Crippen molar-refractivity contribution in [1.82, 2.24) is 19.8 Å². The fourth-order valence-corrected chi connectivity index (χ4v) is 4.43. The lowest BCUT2D eigenvalue weighted by Crippen LogP contribution is -2.43. The Morgan fingerprint density at radius 3 is 2.53 bits per heavy atom. The molecule has 9 heteroatoms. The fraction of sp³-hybridized carbons (Fsp3) is 0.241. The highest BCUT2D eigenvalue weighted by molar-refractivity contribution is 6.05. The summed E-state index contributed by atoms with van der Waals surface area (Å²) in [6.07, 6.45) is 4.53. The average molecular weight is 510 g/mol. The molecule has 9 nitrogen and oxygen atoms in total. The second-order valence-electron chi connectivity index (χ2n) is 9.55. The molecule has 0 bridgehead atoms. The number of pyridine rings is 1. The highest BCUT2D eigenvalue weighted by Gasteiger charge is 2.15. The van der Waals surface area contributed by atoms with E-state index in [-0.39, 0.29) is 5.91 Å². The zero-order valence-corrected chi connectivity index (χ0v) is 21.6. The number of benzene rings is 2. The van der Waals surface area contributed by atoms with Gasteiger partial charge in [-0.2, -0.15) is 4.73 Å². The highest BCUT2D eigenvalue weighted by atomic mass is 16.5. The molecule has 1 saturated heterocycles. The Bertz CT molecular complexity index is 1420. The Balaban J connectivity index is 1.25. The van der Waals surface area contributed by atoms with Crippen molar-refractivity contribution in [2.24, 2.45) is 0 Å². The van der Waals surface area contributed by atoms with Gasteiger partial charge in [-0.25, -0.2) is 9.97 Å². The largest absolute Gasteiger partial charge is 0.619 e. The van der Waals surface area contributed by atoms with Crippen LogP contribution in [0.5, 0.6) is 0 Å². The second kappa shape index (κ2) is 11.4. The van der Waals surface area contributed by atoms with Crippen LogP contribution in [0.3, 0.4) is 0 Å². The van der Waals surface area contributed by atoms with Gasteiger partial charge in [0.05, 0.1) is 11.3 Å². The van der Waals surface area contributed by atoms with Gasteiger partial charge in [0.25, 0.3) is 5.91 Å². The molecule has 2 aromatic carbocycles. The van der Waals surface area contributed by atoms with Crippen molar-refractivity contribution in [3.8, 4) is 11.3 Å². The van der Waals surface area contributed by atoms with Crippen molar-refractivity contribution < 1.29 is 9.52 Å². The number of anilines is 3. The molecule has 0 aliphatic carbocycles. The van der Waals surface area contributed by atoms with E-state index in [1.165, 1.54) is 18.0 Å². The first-order valence-corrected chi connectivity index (χ1v) is 12.6. The monoisotopic (exact) mass is 509 g/mol. The number of hydrogen-bond acceptors (Lipinski definition) is 7. The molecule has 0 spiro atoms. The fourth-order valence-electron chi connectivity index (χ4n) is 4.43. The van der Waals surface area contributed by atoms with Gasteiger partial charge in [0.1, 0.15) is 0 Å². The molecule has 194 valence electrons. The van der Waals surface area contributed by atoms with E-state index < -0.39 is 0 Å². The van der Waals surface area contributed by atoms with Crippen molar-refractivity contribution in [2.45, 2.75) is 13.5 Å². The number of nitrogens with zero attached hydrogens (tertiary/aromatic N) is 5. The molecule has 1 amide bonds. The molecule has 0 atom stereocenters. The first-order chi connectivity index (χ1) is 18.4. The highest BCUT2D eigenvalue weighted by Crippen LogP contribution is 2.26. The molecule has 2 aromatic heterocycles. The standard InChI is InChI=1S/C29H31N7O2/c1-21-25(31-28(37)23-10-8-22(9-11-23)19-35-17-15-34(2)16-18-35)6-3-7-26(21)32-29-30-13-12-27(33-29)24-5-4-14-36(38)20-24/h3-14,20H,15-19H2,1-2H3,(H,31,37)(H,30,32,33). The lowest BCUT2D eigenvalue weighted by atomic mass is 10.1. The van der Waals surface area contributed by atoms with Crippen LogP contribution < -0.4 is 15.4 Å². The molecule has 0 radical (unpaired) electrons. The van der Waals surface area contributed by atoms with Gasteiger partial charge in [0, 0.05) is 61.9 Å². The number of hydrogen-bond donors (Lipinski definition) is 2. The number of nitrogens with one attached hydrogen (secondary N) is 2. The number of amides is 1. The summed E-state index contributed by atoms with van der Waals surface area (Å²) in [7, 11) is 2.15. The second-order valence-corrected chi connectivity index (χ2v) is 9.55. The lowest BCUT2D eigenvalue weighted by molar-refractivity contribution is -0.604. The van der Waals surface area contributed by atoms with Gasteiger partial charge in [-0.1, -0.05) is 18.2 Å². The topological polar surface area (TPSA) is 100 Å². The van der Waals surface area contributed by atoms with Crippen LogP contribution in [-0.4, -0.2) is 58.9 Å². The molecule has 1 aliphatic rings. The van der Waals surface area contributed by atoms with Crippen LogP contribution in [0.2, 0.25) is 0 Å². The molecule has 4 aromatic rings. The maximum Gasteiger partial charge on any atom is 0.255 e. The summed E-state index contributed by atoms with van der Waals surface area (Å²) in [5, 5.41) is 17.9. The summed E-state index contributed by atoms with van der Waals surface area (Å²) in [6, 6.07) is 18.7. The number of piperazine rings is 1. The summed E-state index contributed by atoms with van der Waals surface area (Å²) in [4.78, 5) is 26.6. The summed E-state index contributed by atoms with van der Waals surface area (Å²) in [5.41, 5.74) is 5.47. The molecule has 0 unspecified atom stereocenters. The van der Waals surface area contributed by atoms with Crippen LogP contribution in [0.1, 0.15) is 21.5 Å². The zero-order chi connectivity index (χ0) is 26.5. The third-order valence-electron chi connectivity index (χ3n) is 6.77. The molecule has 38 heavy (non-hydrogen) atoms. The summed E-state index contributed by atoms with van der Waals surface area (Å²) < 4.78 is 0.738. The third-order valence-corrected chi connectivity index (χ3v) is 6.77. The molecule has 5 rings (SSSR count). The van der Waals surface area contributed by atoms with Gasteiger partial charge >= 0.3 is 0 Å². The quantitative estimate of drug-likeness (QED) is 0.289. The lowest BCUT2D eigenvalue weighted by Gasteiger charge is -2.32. The van der Waals surface area contributed by atoms with Crippen molar-refractivity contribution in [2.75, 3.05) is 43.9 Å². The van der Waals surface area contributed by atoms with E-state index in [0.29, 0.717) is 28.5 Å². The van der Waals surface area contributed by atoms with E-state index in [1.54, 1.807) is 18.3 Å². The van der Waals surface area contributed by atoms with Crippen molar-refractivity contribution in [3.05, 3.63) is 101 Å². The van der Waals surface area contributed by atoms with E-state index >= 15 is 0 Å². The smallest absolute Gasteiger partial charge is 0.255 e. The predicted octanol–water partition coefficient (Wildman–Crippen LogP) is 3.83. The number of carbonyl (C=O) groups is 1. The van der Waals surface area contributed by atoms with Crippen LogP contribution in [0.15, 0.2) is 79.3 Å². The predicted molar refractivity (Wildman–Crippen MR) is 148 cm³/mol. The number of aromatic nitrogens is 3. The van der Waals surface area contributed by atoms with Gasteiger partial charge in [0.15, 0.2) is 12.4 Å². The van der Waals surface area contributed by atoms with Crippen LogP contribution in [0.4, 0.5) is 17.3 Å². The Hall–Kier alpha value is -4.34. The third kappa shape index (κ3) is 6.13. The first kappa shape index (κ1) is 25.3. The van der Waals surface area contributed by atoms with E-state index in [1.807, 2.05) is 55.5 Å². The van der Waals surface area contributed by atoms with Crippen molar-refractivity contribution >= 4 is 23.2 Å². The van der Waals surface area contributed by atoms with Gasteiger partial charge < -0.3 is 20.7 Å². The summed E-state index contributed by atoms with van der Waals surface area (Å²) in [5.74, 6) is 0.232. The number of carbonyl (C=O) groups excluding carboxylic acids is 1. The zero-order valence-electron chi connectivity index (χ0n) is 21.6. The number of likely N-dealkylation sites (N-methyl/N-ethyl adjacent to an activating group) is 1. The van der Waals surface area contributed by atoms with Crippen LogP contribution in [0, 0.1) is 12.1 Å². The summed E-state index contributed by atoms with van der Waals surface area (Å²) in [6.45, 7) is 7.11. The molecule has 1 aliphatic heterocycles. The van der Waals surface area contributed by atoms with E-state index in [4.69, 9.17) is 0 Å². The first-order valence-electron chi connectivity index (χ1n) is 12.6. The maximum absolute atomic E-state index is 13.0. The molecular formula is C29H31N7O2. The molecular weight excluding hydrogens is 478 g/mol. The van der Waals surface area contributed by atoms with E-state index in [0.717, 1.165) is 48.7 Å². The molecule has 1 fully saturated rings. The number of rotatable bonds is 7. The van der Waals surface area contributed by atoms with Crippen molar-refractivity contribution in [3.63, 3.8) is 0 Å². The van der Waals surface area contributed by atoms with E-state index in [9.17, 15) is 10.0 Å². The Kier molecular flexibility index (Phi) is 7.57. The van der Waals surface area contributed by atoms with Crippen LogP contribution in [-0.2, 0) is 6.54 Å². The van der Waals surface area contributed by atoms with E-state index in [2.05, 4.69) is 37.4 Å². The minimum absolute atomic E-state index is 0.162. The Labute approximate surface area is 222 Å². The minimum atomic E-state index is -0.162. The Morgan fingerprint density at radius 1 is 1.00 bits per heavy atom. The van der Waals surface area contributed by atoms with Gasteiger partial charge in [-0.05, 0) is 61.5 Å². The molecule has 0 saturated carbocycles. The molecule has 3 heterocycles. The average Bonchev–Trinajstić information content (AvgIpc) is 2.93. The minimum Gasteiger partial charge on any atom is -0.619 e. The molecule has 2 N–H and O–H groups in total. The SMILES string of the molecule is Cc1c(NC(=O)c2ccc(CN3CCN(C)CC3)cc2)cccc1Nc1nccc(-c2ccc[n+]([O-])c2)n1. The van der Waals surface area contributed by atoms with Gasteiger partial charge in [0.2, 0.25) is 5.95 Å². The van der Waals surface area contributed by atoms with Gasteiger partial charge in [-0.15, -0.1) is 0 Å². The maximum atomic E-state index is 13.0. The Morgan fingerprint density at radius 2 is 1.76 bits per heavy atom. The normalized spacial score (nSPS) is 14.3. The van der Waals surface area contributed by atoms with Crippen LogP contribution in [0.25, 0.3) is 11.3 Å². The van der Waals surface area contributed by atoms with Gasteiger partial charge in [-0.3, -0.25) is 9.69 Å². The van der Waals surface area contributed by atoms with Crippen molar-refractivity contribution in [1.29, 1.82) is 0 Å². The summed E-state index contributed by atoms with van der Waals surface area (Å²) >= 11 is 0. The van der Waals surface area contributed by atoms with Crippen LogP contribution >= 0.6 is 0 Å².